The van der Waals surface area contributed by atoms with Gasteiger partial charge >= 0.3 is 0 Å². The van der Waals surface area contributed by atoms with Crippen LogP contribution in [0.2, 0.25) is 0 Å². The zero-order valence-electron chi connectivity index (χ0n) is 16.0. The van der Waals surface area contributed by atoms with Crippen molar-refractivity contribution in [2.75, 3.05) is 0 Å². The second-order valence-electron chi connectivity index (χ2n) is 6.80. The second-order valence-corrected chi connectivity index (χ2v) is 7.66. The van der Waals surface area contributed by atoms with Gasteiger partial charge in [-0.05, 0) is 68.2 Å². The first kappa shape index (κ1) is 19.9. The SMILES string of the molecule is N#C/C(=C\c1ccc(OCc2ccc(F)cc2)c(Br)c1)c1cccc2ccccc12. The Labute approximate surface area is 183 Å². The molecule has 4 aromatic rings. The Kier molecular flexibility index (Phi) is 5.92. The molecule has 0 bridgehead atoms. The van der Waals surface area contributed by atoms with Crippen LogP contribution in [0.15, 0.2) is 89.4 Å². The Hall–Kier alpha value is -3.42. The van der Waals surface area contributed by atoms with Gasteiger partial charge in [0.05, 0.1) is 16.1 Å². The molecule has 0 aromatic heterocycles. The highest BCUT2D eigenvalue weighted by molar-refractivity contribution is 9.10. The molecule has 0 aliphatic carbocycles. The molecule has 30 heavy (non-hydrogen) atoms. The molecule has 2 nitrogen and oxygen atoms in total. The lowest BCUT2D eigenvalue weighted by Crippen LogP contribution is -1.96. The van der Waals surface area contributed by atoms with Gasteiger partial charge in [-0.25, -0.2) is 4.39 Å². The van der Waals surface area contributed by atoms with Gasteiger partial charge < -0.3 is 4.74 Å². The van der Waals surface area contributed by atoms with Crippen molar-refractivity contribution < 1.29 is 9.13 Å². The van der Waals surface area contributed by atoms with Crippen molar-refractivity contribution in [3.05, 3.63) is 112 Å². The van der Waals surface area contributed by atoms with Crippen molar-refractivity contribution in [1.29, 1.82) is 5.26 Å². The van der Waals surface area contributed by atoms with E-state index in [-0.39, 0.29) is 5.82 Å². The predicted molar refractivity (Wildman–Crippen MR) is 122 cm³/mol. The van der Waals surface area contributed by atoms with E-state index in [4.69, 9.17) is 4.74 Å². The molecule has 0 atom stereocenters. The summed E-state index contributed by atoms with van der Waals surface area (Å²) in [4.78, 5) is 0. The van der Waals surface area contributed by atoms with Crippen LogP contribution in [0, 0.1) is 17.1 Å². The van der Waals surface area contributed by atoms with Crippen molar-refractivity contribution in [2.45, 2.75) is 6.61 Å². The highest BCUT2D eigenvalue weighted by Crippen LogP contribution is 2.30. The minimum Gasteiger partial charge on any atom is -0.488 e. The summed E-state index contributed by atoms with van der Waals surface area (Å²) in [5.74, 6) is 0.413. The fraction of sp³-hybridized carbons (Fsp3) is 0.0385. The lowest BCUT2D eigenvalue weighted by Gasteiger charge is -2.10. The quantitative estimate of drug-likeness (QED) is 0.231. The molecule has 146 valence electrons. The van der Waals surface area contributed by atoms with Gasteiger partial charge in [-0.3, -0.25) is 0 Å². The van der Waals surface area contributed by atoms with E-state index in [1.54, 1.807) is 12.1 Å². The average molecular weight is 458 g/mol. The molecule has 0 aliphatic heterocycles. The van der Waals surface area contributed by atoms with E-state index >= 15 is 0 Å². The summed E-state index contributed by atoms with van der Waals surface area (Å²) in [6.45, 7) is 0.341. The number of rotatable bonds is 5. The zero-order valence-corrected chi connectivity index (χ0v) is 17.6. The Morgan fingerprint density at radius 2 is 1.73 bits per heavy atom. The molecule has 0 heterocycles. The van der Waals surface area contributed by atoms with E-state index < -0.39 is 0 Å². The molecule has 0 saturated carbocycles. The Bertz CT molecular complexity index is 1270. The van der Waals surface area contributed by atoms with Crippen LogP contribution in [0.25, 0.3) is 22.4 Å². The van der Waals surface area contributed by atoms with E-state index in [0.29, 0.717) is 17.9 Å². The van der Waals surface area contributed by atoms with Crippen LogP contribution >= 0.6 is 15.9 Å². The molecule has 0 unspecified atom stereocenters. The molecule has 0 fully saturated rings. The number of nitrogens with zero attached hydrogens (tertiary/aromatic N) is 1. The van der Waals surface area contributed by atoms with Crippen molar-refractivity contribution in [2.24, 2.45) is 0 Å². The molecule has 4 rings (SSSR count). The minimum atomic E-state index is -0.268. The summed E-state index contributed by atoms with van der Waals surface area (Å²) in [5, 5.41) is 11.9. The summed E-state index contributed by atoms with van der Waals surface area (Å²) >= 11 is 3.54. The van der Waals surface area contributed by atoms with E-state index in [9.17, 15) is 9.65 Å². The third-order valence-corrected chi connectivity index (χ3v) is 5.39. The Morgan fingerprint density at radius 3 is 2.50 bits per heavy atom. The van der Waals surface area contributed by atoms with Crippen LogP contribution in [0.4, 0.5) is 4.39 Å². The average Bonchev–Trinajstić information content (AvgIpc) is 2.78. The molecule has 0 N–H and O–H groups in total. The van der Waals surface area contributed by atoms with Crippen LogP contribution in [0.5, 0.6) is 5.75 Å². The van der Waals surface area contributed by atoms with E-state index in [1.807, 2.05) is 66.7 Å². The smallest absolute Gasteiger partial charge is 0.134 e. The Morgan fingerprint density at radius 1 is 0.967 bits per heavy atom. The lowest BCUT2D eigenvalue weighted by molar-refractivity contribution is 0.304. The first-order chi connectivity index (χ1) is 14.6. The van der Waals surface area contributed by atoms with Crippen LogP contribution in [-0.2, 0) is 6.61 Å². The standard InChI is InChI=1S/C26H17BrFNO/c27-25-15-19(10-13-26(25)30-17-18-8-11-22(28)12-9-18)14-21(16-29)24-7-3-5-20-4-1-2-6-23(20)24/h1-15H,17H2/b21-14+. The second kappa shape index (κ2) is 8.94. The number of nitriles is 1. The van der Waals surface area contributed by atoms with E-state index in [2.05, 4.69) is 22.0 Å². The molecule has 0 amide bonds. The van der Waals surface area contributed by atoms with Crippen LogP contribution < -0.4 is 4.74 Å². The van der Waals surface area contributed by atoms with Gasteiger partial charge in [-0.15, -0.1) is 0 Å². The molecule has 0 saturated heterocycles. The van der Waals surface area contributed by atoms with E-state index in [0.717, 1.165) is 31.9 Å². The number of allylic oxidation sites excluding steroid dienone is 1. The normalized spacial score (nSPS) is 11.3. The lowest BCUT2D eigenvalue weighted by atomic mass is 9.97. The van der Waals surface area contributed by atoms with Crippen LogP contribution in [0.3, 0.4) is 0 Å². The van der Waals surface area contributed by atoms with Gasteiger partial charge in [0.25, 0.3) is 0 Å². The number of fused-ring (bicyclic) bond motifs is 1. The number of hydrogen-bond acceptors (Lipinski definition) is 2. The monoisotopic (exact) mass is 457 g/mol. The summed E-state index contributed by atoms with van der Waals surface area (Å²) in [6.07, 6.45) is 1.87. The highest BCUT2D eigenvalue weighted by atomic mass is 79.9. The van der Waals surface area contributed by atoms with Crippen molar-refractivity contribution in [3.8, 4) is 11.8 Å². The number of halogens is 2. The van der Waals surface area contributed by atoms with Gasteiger partial charge in [0.2, 0.25) is 0 Å². The van der Waals surface area contributed by atoms with Crippen molar-refractivity contribution in [1.82, 2.24) is 0 Å². The zero-order chi connectivity index (χ0) is 20.9. The molecule has 4 heteroatoms. The predicted octanol–water partition coefficient (Wildman–Crippen LogP) is 7.38. The van der Waals surface area contributed by atoms with Crippen molar-refractivity contribution in [3.63, 3.8) is 0 Å². The maximum absolute atomic E-state index is 13.0. The van der Waals surface area contributed by atoms with Crippen LogP contribution in [-0.4, -0.2) is 0 Å². The van der Waals surface area contributed by atoms with Crippen LogP contribution in [0.1, 0.15) is 16.7 Å². The molecule has 0 spiro atoms. The maximum Gasteiger partial charge on any atom is 0.134 e. The topological polar surface area (TPSA) is 33.0 Å². The number of ether oxygens (including phenoxy) is 1. The summed E-state index contributed by atoms with van der Waals surface area (Å²) in [6, 6.07) is 28.2. The first-order valence-electron chi connectivity index (χ1n) is 9.41. The summed E-state index contributed by atoms with van der Waals surface area (Å²) in [5.41, 5.74) is 3.28. The Balaban J connectivity index is 1.59. The van der Waals surface area contributed by atoms with Gasteiger partial charge in [-0.1, -0.05) is 60.7 Å². The van der Waals surface area contributed by atoms with Gasteiger partial charge in [0, 0.05) is 5.56 Å². The third-order valence-electron chi connectivity index (χ3n) is 4.77. The summed E-state index contributed by atoms with van der Waals surface area (Å²) in [7, 11) is 0. The fourth-order valence-corrected chi connectivity index (χ4v) is 3.77. The van der Waals surface area contributed by atoms with Gasteiger partial charge in [-0.2, -0.15) is 5.26 Å². The molecular formula is C26H17BrFNO. The summed E-state index contributed by atoms with van der Waals surface area (Å²) < 4.78 is 19.6. The third kappa shape index (κ3) is 4.42. The largest absolute Gasteiger partial charge is 0.488 e. The van der Waals surface area contributed by atoms with Gasteiger partial charge in [0.15, 0.2) is 0 Å². The van der Waals surface area contributed by atoms with Gasteiger partial charge in [0.1, 0.15) is 18.2 Å². The molecule has 0 radical (unpaired) electrons. The molecule has 4 aromatic carbocycles. The van der Waals surface area contributed by atoms with Crippen molar-refractivity contribution >= 4 is 38.4 Å². The molecular weight excluding hydrogens is 441 g/mol. The minimum absolute atomic E-state index is 0.268. The maximum atomic E-state index is 13.0. The fourth-order valence-electron chi connectivity index (χ4n) is 3.26. The van der Waals surface area contributed by atoms with E-state index in [1.165, 1.54) is 12.1 Å². The number of hydrogen-bond donors (Lipinski definition) is 0. The first-order valence-corrected chi connectivity index (χ1v) is 10.2. The number of benzene rings is 4. The molecule has 0 aliphatic rings. The highest BCUT2D eigenvalue weighted by Gasteiger charge is 2.08.